The van der Waals surface area contributed by atoms with Gasteiger partial charge in [0, 0.05) is 24.0 Å². The van der Waals surface area contributed by atoms with Gasteiger partial charge in [-0.15, -0.1) is 0 Å². The number of nitrogens with zero attached hydrogens (tertiary/aromatic N) is 3. The molecule has 0 unspecified atom stereocenters. The molecule has 4 rings (SSSR count). The van der Waals surface area contributed by atoms with Crippen LogP contribution in [0.3, 0.4) is 0 Å². The van der Waals surface area contributed by atoms with Crippen molar-refractivity contribution in [3.8, 4) is 5.75 Å². The fourth-order valence-corrected chi connectivity index (χ4v) is 4.56. The van der Waals surface area contributed by atoms with Crippen molar-refractivity contribution < 1.29 is 9.90 Å². The Hall–Kier alpha value is -2.28. The Labute approximate surface area is 186 Å². The largest absolute Gasteiger partial charge is 0.508 e. The fourth-order valence-electron chi connectivity index (χ4n) is 4.06. The summed E-state index contributed by atoms with van der Waals surface area (Å²) < 4.78 is 0. The summed E-state index contributed by atoms with van der Waals surface area (Å²) in [5.41, 5.74) is 5.06. The number of hydrogen-bond acceptors (Lipinski definition) is 5. The fraction of sp³-hybridized carbons (Fsp3) is 0.364. The molecule has 0 bridgehead atoms. The van der Waals surface area contributed by atoms with Crippen molar-refractivity contribution in [3.63, 3.8) is 0 Å². The minimum absolute atomic E-state index is 0.185. The molecule has 0 spiro atoms. The highest BCUT2D eigenvalue weighted by molar-refractivity contribution is 6.41. The lowest BCUT2D eigenvalue weighted by Gasteiger charge is -2.28. The van der Waals surface area contributed by atoms with E-state index in [9.17, 15) is 9.90 Å². The highest BCUT2D eigenvalue weighted by atomic mass is 35.5. The molecule has 0 aromatic heterocycles. The number of piperidine rings is 1. The van der Waals surface area contributed by atoms with Crippen LogP contribution in [0.15, 0.2) is 47.6 Å². The Balaban J connectivity index is 1.68. The van der Waals surface area contributed by atoms with Gasteiger partial charge in [0.05, 0.1) is 16.8 Å². The number of hydrazone groups is 1. The summed E-state index contributed by atoms with van der Waals surface area (Å²) in [5.74, 6) is -0.198. The molecule has 2 heterocycles. The van der Waals surface area contributed by atoms with Crippen molar-refractivity contribution in [2.24, 2.45) is 11.0 Å². The maximum atomic E-state index is 13.1. The zero-order valence-corrected chi connectivity index (χ0v) is 18.2. The summed E-state index contributed by atoms with van der Waals surface area (Å²) in [7, 11) is 0. The van der Waals surface area contributed by atoms with Crippen LogP contribution in [0.5, 0.6) is 5.75 Å². The number of carbonyl (C=O) groups is 1. The van der Waals surface area contributed by atoms with Crippen LogP contribution in [-0.4, -0.2) is 34.8 Å². The number of halogens is 2. The van der Waals surface area contributed by atoms with E-state index in [1.807, 2.05) is 24.1 Å². The third-order valence-electron chi connectivity index (χ3n) is 5.62. The third kappa shape index (κ3) is 4.26. The molecule has 1 amide bonds. The van der Waals surface area contributed by atoms with Gasteiger partial charge in [-0.25, -0.2) is 5.01 Å². The van der Waals surface area contributed by atoms with Crippen LogP contribution in [0.1, 0.15) is 37.8 Å². The summed E-state index contributed by atoms with van der Waals surface area (Å²) in [4.78, 5) is 13.1. The number of hydrazine groups is 1. The molecular formula is C22H24Cl2N4O2. The number of hydrogen-bond donors (Lipinski definition) is 2. The van der Waals surface area contributed by atoms with Crippen LogP contribution in [0.2, 0.25) is 10.0 Å². The summed E-state index contributed by atoms with van der Waals surface area (Å²) in [6, 6.07) is 11.9. The maximum Gasteiger partial charge on any atom is 0.282 e. The van der Waals surface area contributed by atoms with Gasteiger partial charge in [0.15, 0.2) is 0 Å². The van der Waals surface area contributed by atoms with Crippen molar-refractivity contribution in [1.29, 1.82) is 0 Å². The Morgan fingerprint density at radius 1 is 1.10 bits per heavy atom. The van der Waals surface area contributed by atoms with E-state index in [2.05, 4.69) is 5.43 Å². The second kappa shape index (κ2) is 8.84. The highest BCUT2D eigenvalue weighted by Gasteiger charge is 2.40. The maximum absolute atomic E-state index is 13.1. The number of aromatic hydroxyl groups is 1. The van der Waals surface area contributed by atoms with Gasteiger partial charge in [-0.2, -0.15) is 5.10 Å². The average Bonchev–Trinajstić information content (AvgIpc) is 3.06. The van der Waals surface area contributed by atoms with Gasteiger partial charge in [-0.1, -0.05) is 48.7 Å². The Morgan fingerprint density at radius 3 is 2.47 bits per heavy atom. The molecule has 0 aliphatic carbocycles. The van der Waals surface area contributed by atoms with Gasteiger partial charge >= 0.3 is 0 Å². The van der Waals surface area contributed by atoms with E-state index >= 15 is 0 Å². The molecule has 2 atom stereocenters. The summed E-state index contributed by atoms with van der Waals surface area (Å²) >= 11 is 12.5. The van der Waals surface area contributed by atoms with Crippen LogP contribution < -0.4 is 10.4 Å². The van der Waals surface area contributed by atoms with Crippen molar-refractivity contribution in [2.45, 2.75) is 32.2 Å². The Morgan fingerprint density at radius 2 is 1.80 bits per heavy atom. The SMILES string of the molecule is C[C@@H]1C(C(=O)NN2CCCCC2)=NN(c2ccc(Cl)cc2Cl)[C@@H]1c1ccc(O)cc1. The summed E-state index contributed by atoms with van der Waals surface area (Å²) in [6.45, 7) is 3.68. The smallest absolute Gasteiger partial charge is 0.282 e. The van der Waals surface area contributed by atoms with Crippen molar-refractivity contribution in [3.05, 3.63) is 58.1 Å². The molecule has 30 heavy (non-hydrogen) atoms. The number of amides is 1. The number of benzene rings is 2. The van der Waals surface area contributed by atoms with E-state index in [0.29, 0.717) is 21.4 Å². The molecule has 2 aliphatic rings. The van der Waals surface area contributed by atoms with E-state index in [1.165, 1.54) is 6.42 Å². The molecule has 1 saturated heterocycles. The Bertz CT molecular complexity index is 958. The topological polar surface area (TPSA) is 68.2 Å². The standard InChI is InChI=1S/C22H24Cl2N4O2/c1-14-20(22(30)26-27-11-3-2-4-12-27)25-28(19-10-7-16(23)13-18(19)24)21(14)15-5-8-17(29)9-6-15/h5-10,13-14,21,29H,2-4,11-12H2,1H3,(H,26,30)/t14-,21+/m1/s1. The Kier molecular flexibility index (Phi) is 6.18. The molecule has 2 N–H and O–H groups in total. The van der Waals surface area contributed by atoms with Crippen LogP contribution in [-0.2, 0) is 4.79 Å². The first-order valence-corrected chi connectivity index (χ1v) is 10.9. The van der Waals surface area contributed by atoms with Crippen LogP contribution in [0.4, 0.5) is 5.69 Å². The first-order chi connectivity index (χ1) is 14.4. The third-order valence-corrected chi connectivity index (χ3v) is 6.16. The zero-order valence-electron chi connectivity index (χ0n) is 16.7. The predicted octanol–water partition coefficient (Wildman–Crippen LogP) is 4.77. The van der Waals surface area contributed by atoms with Gasteiger partial charge in [-0.05, 0) is 48.7 Å². The molecule has 1 fully saturated rings. The first-order valence-electron chi connectivity index (χ1n) is 10.1. The van der Waals surface area contributed by atoms with E-state index in [-0.39, 0.29) is 23.6 Å². The molecule has 158 valence electrons. The molecule has 2 aromatic carbocycles. The first kappa shape index (κ1) is 21.0. The van der Waals surface area contributed by atoms with Crippen LogP contribution >= 0.6 is 23.2 Å². The molecular weight excluding hydrogens is 423 g/mol. The van der Waals surface area contributed by atoms with Crippen molar-refractivity contribution in [2.75, 3.05) is 18.1 Å². The van der Waals surface area contributed by atoms with Crippen LogP contribution in [0, 0.1) is 5.92 Å². The van der Waals surface area contributed by atoms with Gasteiger partial charge in [-0.3, -0.25) is 15.2 Å². The van der Waals surface area contributed by atoms with E-state index < -0.39 is 0 Å². The monoisotopic (exact) mass is 446 g/mol. The minimum Gasteiger partial charge on any atom is -0.508 e. The quantitative estimate of drug-likeness (QED) is 0.709. The molecule has 6 nitrogen and oxygen atoms in total. The normalized spacial score (nSPS) is 22.1. The van der Waals surface area contributed by atoms with Gasteiger partial charge in [0.1, 0.15) is 11.5 Å². The second-order valence-corrected chi connectivity index (χ2v) is 8.58. The zero-order chi connectivity index (χ0) is 21.3. The highest BCUT2D eigenvalue weighted by Crippen LogP contribution is 2.42. The lowest BCUT2D eigenvalue weighted by Crippen LogP contribution is -2.48. The molecule has 2 aliphatic heterocycles. The number of anilines is 1. The second-order valence-electron chi connectivity index (χ2n) is 7.74. The van der Waals surface area contributed by atoms with E-state index in [4.69, 9.17) is 28.3 Å². The number of phenolic OH excluding ortho intramolecular Hbond substituents is 1. The van der Waals surface area contributed by atoms with Gasteiger partial charge < -0.3 is 5.11 Å². The molecule has 0 radical (unpaired) electrons. The molecule has 8 heteroatoms. The van der Waals surface area contributed by atoms with Gasteiger partial charge in [0.2, 0.25) is 0 Å². The number of nitrogens with one attached hydrogen (secondary N) is 1. The number of phenols is 1. The lowest BCUT2D eigenvalue weighted by molar-refractivity contribution is -0.120. The molecule has 0 saturated carbocycles. The lowest BCUT2D eigenvalue weighted by atomic mass is 9.91. The molecule has 2 aromatic rings. The number of rotatable bonds is 4. The average molecular weight is 447 g/mol. The minimum atomic E-state index is -0.244. The van der Waals surface area contributed by atoms with E-state index in [1.54, 1.807) is 35.3 Å². The van der Waals surface area contributed by atoms with E-state index in [0.717, 1.165) is 31.5 Å². The predicted molar refractivity (Wildman–Crippen MR) is 120 cm³/mol. The number of carbonyl (C=O) groups excluding carboxylic acids is 1. The van der Waals surface area contributed by atoms with Gasteiger partial charge in [0.25, 0.3) is 5.91 Å². The van der Waals surface area contributed by atoms with Crippen molar-refractivity contribution >= 4 is 40.5 Å². The summed E-state index contributed by atoms with van der Waals surface area (Å²) in [6.07, 6.45) is 3.34. The van der Waals surface area contributed by atoms with Crippen LogP contribution in [0.25, 0.3) is 0 Å². The van der Waals surface area contributed by atoms with Crippen molar-refractivity contribution in [1.82, 2.24) is 10.4 Å². The summed E-state index contributed by atoms with van der Waals surface area (Å²) in [5, 5.41) is 19.1.